The smallest absolute Gasteiger partial charge is 0.227 e. The van der Waals surface area contributed by atoms with Crippen LogP contribution in [0.15, 0.2) is 132 Å². The lowest BCUT2D eigenvalue weighted by Gasteiger charge is -2.15. The first-order chi connectivity index (χ1) is 20.2. The fourth-order valence-corrected chi connectivity index (χ4v) is 6.22. The van der Waals surface area contributed by atoms with Crippen LogP contribution in [-0.2, 0) is 0 Å². The molecule has 1 aliphatic carbocycles. The molecule has 0 spiro atoms. The Labute approximate surface area is 238 Å². The molecular formula is C38H28N2O. The minimum atomic E-state index is 0.646. The van der Waals surface area contributed by atoms with Crippen LogP contribution in [0, 0.1) is 6.92 Å². The zero-order chi connectivity index (χ0) is 27.3. The summed E-state index contributed by atoms with van der Waals surface area (Å²) in [4.78, 5) is 4.92. The third-order valence-electron chi connectivity index (χ3n) is 8.22. The Morgan fingerprint density at radius 2 is 1.37 bits per heavy atom. The Morgan fingerprint density at radius 1 is 0.683 bits per heavy atom. The van der Waals surface area contributed by atoms with Gasteiger partial charge in [0.15, 0.2) is 5.58 Å². The van der Waals surface area contributed by atoms with Crippen LogP contribution in [-0.4, -0.2) is 9.55 Å². The Bertz CT molecular complexity index is 2090. The monoisotopic (exact) mass is 528 g/mol. The molecule has 0 saturated heterocycles. The first kappa shape index (κ1) is 23.7. The van der Waals surface area contributed by atoms with Crippen molar-refractivity contribution in [3.05, 3.63) is 144 Å². The van der Waals surface area contributed by atoms with Gasteiger partial charge in [0, 0.05) is 22.0 Å². The number of fused-ring (bicyclic) bond motifs is 4. The number of aromatic nitrogens is 2. The number of hydrogen-bond acceptors (Lipinski definition) is 2. The lowest BCUT2D eigenvalue weighted by atomic mass is 9.90. The fraction of sp³-hybridized carbons (Fsp3) is 0.0789. The number of aryl methyl sites for hydroxylation is 1. The van der Waals surface area contributed by atoms with Gasteiger partial charge in [-0.2, -0.15) is 0 Å². The molecular weight excluding hydrogens is 500 g/mol. The van der Waals surface area contributed by atoms with E-state index in [0.29, 0.717) is 5.89 Å². The summed E-state index contributed by atoms with van der Waals surface area (Å²) in [5.74, 6) is 0.646. The minimum absolute atomic E-state index is 0.646. The summed E-state index contributed by atoms with van der Waals surface area (Å²) >= 11 is 0. The molecule has 0 radical (unpaired) electrons. The average Bonchev–Trinajstić information content (AvgIpc) is 3.62. The van der Waals surface area contributed by atoms with Gasteiger partial charge in [-0.05, 0) is 96.1 Å². The van der Waals surface area contributed by atoms with E-state index in [2.05, 4.69) is 139 Å². The highest BCUT2D eigenvalue weighted by Crippen LogP contribution is 2.36. The van der Waals surface area contributed by atoms with Crippen molar-refractivity contribution in [2.75, 3.05) is 0 Å². The highest BCUT2D eigenvalue weighted by atomic mass is 16.3. The lowest BCUT2D eigenvalue weighted by molar-refractivity contribution is 0.619. The van der Waals surface area contributed by atoms with E-state index in [1.807, 2.05) is 0 Å². The Morgan fingerprint density at radius 3 is 2.10 bits per heavy atom. The van der Waals surface area contributed by atoms with E-state index in [1.165, 1.54) is 44.1 Å². The van der Waals surface area contributed by atoms with Gasteiger partial charge >= 0.3 is 0 Å². The largest absolute Gasteiger partial charge is 0.436 e. The van der Waals surface area contributed by atoms with Crippen molar-refractivity contribution in [2.45, 2.75) is 19.8 Å². The average molecular weight is 529 g/mol. The van der Waals surface area contributed by atoms with Crippen molar-refractivity contribution < 1.29 is 4.42 Å². The van der Waals surface area contributed by atoms with Crippen LogP contribution in [0.3, 0.4) is 0 Å². The van der Waals surface area contributed by atoms with Gasteiger partial charge in [0.05, 0.1) is 11.0 Å². The molecule has 0 amide bonds. The molecule has 2 heterocycles. The molecule has 0 atom stereocenters. The summed E-state index contributed by atoms with van der Waals surface area (Å²) in [6, 6.07) is 40.7. The van der Waals surface area contributed by atoms with E-state index >= 15 is 0 Å². The standard InChI is InChI=1S/C38H28N2O/c1-25-22-30(29-13-9-12-28(23-29)26-10-3-2-4-11-26)24-36-37(25)39-38(41-36)27-18-20-31(21-19-27)40-34-16-7-5-14-32(34)33-15-6-8-17-35(33)40/h2-8,10-11,13-24H,9,12H2,1H3. The second-order valence-electron chi connectivity index (χ2n) is 10.8. The second-order valence-corrected chi connectivity index (χ2v) is 10.8. The number of nitrogens with zero attached hydrogens (tertiary/aromatic N) is 2. The predicted octanol–water partition coefficient (Wildman–Crippen LogP) is 10.2. The molecule has 3 heteroatoms. The van der Waals surface area contributed by atoms with Crippen LogP contribution in [0.25, 0.3) is 61.2 Å². The summed E-state index contributed by atoms with van der Waals surface area (Å²) in [6.07, 6.45) is 6.75. The molecule has 0 saturated carbocycles. The zero-order valence-corrected chi connectivity index (χ0v) is 22.8. The maximum absolute atomic E-state index is 6.38. The van der Waals surface area contributed by atoms with E-state index in [-0.39, 0.29) is 0 Å². The maximum Gasteiger partial charge on any atom is 0.227 e. The molecule has 3 nitrogen and oxygen atoms in total. The highest BCUT2D eigenvalue weighted by Gasteiger charge is 2.16. The van der Waals surface area contributed by atoms with Crippen LogP contribution in [0.2, 0.25) is 0 Å². The quantitative estimate of drug-likeness (QED) is 0.228. The van der Waals surface area contributed by atoms with E-state index in [1.54, 1.807) is 0 Å². The number of oxazole rings is 1. The van der Waals surface area contributed by atoms with Crippen molar-refractivity contribution in [1.29, 1.82) is 0 Å². The minimum Gasteiger partial charge on any atom is -0.436 e. The number of para-hydroxylation sites is 2. The van der Waals surface area contributed by atoms with Crippen LogP contribution in [0.1, 0.15) is 29.5 Å². The SMILES string of the molecule is Cc1cc(C2=CCCC(c3ccccc3)=C2)cc2oc(-c3ccc(-n4c5ccccc5c5ccccc54)cc3)nc12. The van der Waals surface area contributed by atoms with E-state index in [4.69, 9.17) is 9.40 Å². The van der Waals surface area contributed by atoms with Gasteiger partial charge in [-0.25, -0.2) is 4.98 Å². The molecule has 1 aliphatic rings. The number of benzene rings is 5. The topological polar surface area (TPSA) is 31.0 Å². The zero-order valence-electron chi connectivity index (χ0n) is 22.8. The molecule has 196 valence electrons. The van der Waals surface area contributed by atoms with Gasteiger partial charge in [0.1, 0.15) is 5.52 Å². The molecule has 8 rings (SSSR count). The van der Waals surface area contributed by atoms with E-state index in [0.717, 1.165) is 40.8 Å². The van der Waals surface area contributed by atoms with E-state index < -0.39 is 0 Å². The second kappa shape index (κ2) is 9.50. The van der Waals surface area contributed by atoms with Crippen LogP contribution < -0.4 is 0 Å². The van der Waals surface area contributed by atoms with Crippen LogP contribution in [0.4, 0.5) is 0 Å². The van der Waals surface area contributed by atoms with Crippen molar-refractivity contribution in [2.24, 2.45) is 0 Å². The number of rotatable bonds is 4. The van der Waals surface area contributed by atoms with Gasteiger partial charge in [0.25, 0.3) is 0 Å². The summed E-state index contributed by atoms with van der Waals surface area (Å²) in [5.41, 5.74) is 12.4. The van der Waals surface area contributed by atoms with Gasteiger partial charge in [0.2, 0.25) is 5.89 Å². The van der Waals surface area contributed by atoms with Crippen molar-refractivity contribution in [3.8, 4) is 17.1 Å². The lowest BCUT2D eigenvalue weighted by Crippen LogP contribution is -1.93. The van der Waals surface area contributed by atoms with Crippen LogP contribution in [0.5, 0.6) is 0 Å². The summed E-state index contributed by atoms with van der Waals surface area (Å²) in [6.45, 7) is 2.12. The molecule has 7 aromatic rings. The number of hydrogen-bond donors (Lipinski definition) is 0. The summed E-state index contributed by atoms with van der Waals surface area (Å²) < 4.78 is 8.71. The fourth-order valence-electron chi connectivity index (χ4n) is 6.22. The molecule has 2 aromatic heterocycles. The molecule has 0 bridgehead atoms. The van der Waals surface area contributed by atoms with Gasteiger partial charge in [-0.15, -0.1) is 0 Å². The van der Waals surface area contributed by atoms with Crippen molar-refractivity contribution >= 4 is 44.1 Å². The highest BCUT2D eigenvalue weighted by molar-refractivity contribution is 6.09. The molecule has 0 fully saturated rings. The van der Waals surface area contributed by atoms with Gasteiger partial charge < -0.3 is 8.98 Å². The third kappa shape index (κ3) is 4.01. The molecule has 0 N–H and O–H groups in total. The Kier molecular flexibility index (Phi) is 5.49. The Hall–Kier alpha value is -5.15. The van der Waals surface area contributed by atoms with Crippen molar-refractivity contribution in [1.82, 2.24) is 9.55 Å². The first-order valence-electron chi connectivity index (χ1n) is 14.2. The van der Waals surface area contributed by atoms with Gasteiger partial charge in [-0.1, -0.05) is 78.9 Å². The number of allylic oxidation sites excluding steroid dienone is 4. The predicted molar refractivity (Wildman–Crippen MR) is 170 cm³/mol. The molecule has 0 unspecified atom stereocenters. The third-order valence-corrected chi connectivity index (χ3v) is 8.22. The normalized spacial score (nSPS) is 13.6. The Balaban J connectivity index is 1.16. The summed E-state index contributed by atoms with van der Waals surface area (Å²) in [5, 5.41) is 2.52. The molecule has 0 aliphatic heterocycles. The maximum atomic E-state index is 6.38. The van der Waals surface area contributed by atoms with Crippen LogP contribution >= 0.6 is 0 Å². The molecule has 41 heavy (non-hydrogen) atoms. The molecule has 5 aromatic carbocycles. The van der Waals surface area contributed by atoms with E-state index in [9.17, 15) is 0 Å². The van der Waals surface area contributed by atoms with Crippen molar-refractivity contribution in [3.63, 3.8) is 0 Å². The first-order valence-corrected chi connectivity index (χ1v) is 14.2. The van der Waals surface area contributed by atoms with Gasteiger partial charge in [-0.3, -0.25) is 0 Å². The summed E-state index contributed by atoms with van der Waals surface area (Å²) in [7, 11) is 0.